The van der Waals surface area contributed by atoms with E-state index < -0.39 is 13.4 Å². The average Bonchev–Trinajstić information content (AvgIpc) is 2.07. The second-order valence-corrected chi connectivity index (χ2v) is 8.94. The quantitative estimate of drug-likeness (QED) is 0.231. The summed E-state index contributed by atoms with van der Waals surface area (Å²) < 4.78 is 0. The van der Waals surface area contributed by atoms with Crippen LogP contribution in [0.15, 0.2) is 0 Å². The first kappa shape index (κ1) is 29.7. The van der Waals surface area contributed by atoms with Crippen molar-refractivity contribution >= 4 is 37.1 Å². The summed E-state index contributed by atoms with van der Waals surface area (Å²) in [4.78, 5) is 45.3. The van der Waals surface area contributed by atoms with Gasteiger partial charge in [-0.15, -0.1) is 0 Å². The van der Waals surface area contributed by atoms with Crippen molar-refractivity contribution in [2.75, 3.05) is 0 Å². The van der Waals surface area contributed by atoms with Gasteiger partial charge in [0.05, 0.1) is 0 Å². The van der Waals surface area contributed by atoms with Gasteiger partial charge in [-0.1, -0.05) is 34.1 Å². The molecule has 0 saturated heterocycles. The fourth-order valence-corrected chi connectivity index (χ4v) is 1.19. The van der Waals surface area contributed by atoms with Crippen LogP contribution in [0, 0.1) is 11.8 Å². The van der Waals surface area contributed by atoms with Gasteiger partial charge in [0, 0.05) is 19.5 Å². The molecule has 6 N–H and O–H groups in total. The molecule has 0 aliphatic rings. The summed E-state index contributed by atoms with van der Waals surface area (Å²) in [7, 11) is 0. The van der Waals surface area contributed by atoms with Crippen molar-refractivity contribution < 1.29 is 48.8 Å². The zero-order valence-electron chi connectivity index (χ0n) is 12.3. The van der Waals surface area contributed by atoms with E-state index in [1.807, 2.05) is 0 Å². The van der Waals surface area contributed by atoms with Crippen molar-refractivity contribution in [1.29, 1.82) is 0 Å². The van der Waals surface area contributed by atoms with Crippen LogP contribution in [0.1, 0.15) is 47.0 Å². The van der Waals surface area contributed by atoms with Crippen molar-refractivity contribution in [3.05, 3.63) is 5.92 Å². The fraction of sp³-hybridized carbons (Fsp3) is 0.889. The van der Waals surface area contributed by atoms with Crippen LogP contribution in [0.5, 0.6) is 0 Å². The van der Waals surface area contributed by atoms with Crippen molar-refractivity contribution in [3.8, 4) is 0 Å². The second-order valence-electron chi connectivity index (χ2n) is 3.94. The van der Waals surface area contributed by atoms with Crippen molar-refractivity contribution in [3.63, 3.8) is 0 Å². The van der Waals surface area contributed by atoms with E-state index in [1.54, 1.807) is 5.92 Å². The van der Waals surface area contributed by atoms with Gasteiger partial charge in [-0.3, -0.25) is 0 Å². The number of hydrogen-bond acceptors (Lipinski definition) is 2. The molecule has 0 rings (SSSR count). The Hall–Kier alpha value is 1.68. The predicted molar refractivity (Wildman–Crippen MR) is 85.2 cm³/mol. The van der Waals surface area contributed by atoms with E-state index in [4.69, 9.17) is 29.4 Å². The van der Waals surface area contributed by atoms with Gasteiger partial charge in [0.15, 0.2) is 0 Å². The zero-order valence-corrected chi connectivity index (χ0v) is 18.7. The number of hydrogen-bond donors (Lipinski definition) is 6. The SMILES string of the molecule is CCC[C-](CC)C(C)C.OP(O)(O)=S.OP(O)(O)=S.[Zn]. The van der Waals surface area contributed by atoms with Gasteiger partial charge >= 0.3 is 13.4 Å². The van der Waals surface area contributed by atoms with Gasteiger partial charge in [0.25, 0.3) is 0 Å². The maximum Gasteiger partial charge on any atom is 0.319 e. The molecule has 0 aromatic rings. The molecule has 0 saturated carbocycles. The van der Waals surface area contributed by atoms with Crippen LogP contribution in [0.25, 0.3) is 0 Å². The normalized spacial score (nSPS) is 11.0. The molecular formula is C9H25O6P2S2Zn-. The van der Waals surface area contributed by atoms with Gasteiger partial charge in [0.1, 0.15) is 0 Å². The van der Waals surface area contributed by atoms with Gasteiger partial charge < -0.3 is 35.3 Å². The van der Waals surface area contributed by atoms with Crippen LogP contribution in [-0.2, 0) is 43.1 Å². The summed E-state index contributed by atoms with van der Waals surface area (Å²) in [5.41, 5.74) is 0. The first-order chi connectivity index (χ1) is 8.22. The summed E-state index contributed by atoms with van der Waals surface area (Å²) in [6, 6.07) is 0. The van der Waals surface area contributed by atoms with Crippen LogP contribution >= 0.6 is 13.4 Å². The van der Waals surface area contributed by atoms with Gasteiger partial charge in [-0.25, -0.2) is 0 Å². The summed E-state index contributed by atoms with van der Waals surface area (Å²) in [5, 5.41) is 0. The molecule has 122 valence electrons. The molecule has 11 heteroatoms. The van der Waals surface area contributed by atoms with Crippen LogP contribution in [0.3, 0.4) is 0 Å². The van der Waals surface area contributed by atoms with Crippen LogP contribution in [0.4, 0.5) is 0 Å². The maximum absolute atomic E-state index is 7.56. The van der Waals surface area contributed by atoms with Gasteiger partial charge in [0.2, 0.25) is 0 Å². The summed E-state index contributed by atoms with van der Waals surface area (Å²) in [5.74, 6) is 2.52. The minimum atomic E-state index is -3.81. The topological polar surface area (TPSA) is 121 Å². The van der Waals surface area contributed by atoms with E-state index >= 15 is 0 Å². The van der Waals surface area contributed by atoms with E-state index in [9.17, 15) is 0 Å². The number of rotatable bonds is 4. The minimum Gasteiger partial charge on any atom is -0.325 e. The Balaban J connectivity index is -0.000000101. The largest absolute Gasteiger partial charge is 0.325 e. The molecule has 0 aliphatic heterocycles. The third kappa shape index (κ3) is 60.2. The molecule has 0 aliphatic carbocycles. The van der Waals surface area contributed by atoms with Gasteiger partial charge in [-0.05, 0) is 23.6 Å². The minimum absolute atomic E-state index is 0. The molecular weight excluding hydrogens is 396 g/mol. The van der Waals surface area contributed by atoms with Crippen LogP contribution in [0.2, 0.25) is 0 Å². The van der Waals surface area contributed by atoms with E-state index in [-0.39, 0.29) is 19.5 Å². The van der Waals surface area contributed by atoms with E-state index in [1.165, 1.54) is 19.3 Å². The van der Waals surface area contributed by atoms with E-state index in [0.717, 1.165) is 5.92 Å². The Morgan fingerprint density at radius 2 is 1.15 bits per heavy atom. The first-order valence-electron chi connectivity index (χ1n) is 5.63. The Morgan fingerprint density at radius 3 is 1.20 bits per heavy atom. The Morgan fingerprint density at radius 1 is 0.900 bits per heavy atom. The zero-order chi connectivity index (χ0) is 16.3. The van der Waals surface area contributed by atoms with Crippen LogP contribution < -0.4 is 0 Å². The Labute approximate surface area is 144 Å². The molecule has 0 atom stereocenters. The molecule has 0 bridgehead atoms. The molecule has 0 spiro atoms. The molecule has 20 heavy (non-hydrogen) atoms. The smallest absolute Gasteiger partial charge is 0.319 e. The van der Waals surface area contributed by atoms with Crippen molar-refractivity contribution in [2.45, 2.75) is 47.0 Å². The summed E-state index contributed by atoms with van der Waals surface area (Å²) >= 11 is 7.21. The molecule has 0 unspecified atom stereocenters. The molecule has 0 aromatic carbocycles. The third-order valence-electron chi connectivity index (χ3n) is 1.84. The predicted octanol–water partition coefficient (Wildman–Crippen LogP) is 1.80. The molecule has 0 fully saturated rings. The molecule has 0 aromatic heterocycles. The molecule has 0 radical (unpaired) electrons. The molecule has 0 amide bonds. The Bertz CT molecular complexity index is 258. The van der Waals surface area contributed by atoms with Gasteiger partial charge in [-0.2, -0.15) is 18.8 Å². The van der Waals surface area contributed by atoms with Crippen molar-refractivity contribution in [2.24, 2.45) is 5.92 Å². The van der Waals surface area contributed by atoms with E-state index in [2.05, 4.69) is 51.3 Å². The standard InChI is InChI=1S/C9H19.2H3O3PS.Zn/c1-5-7-9(6-2)8(3)4;2*1-4(2,3)5;/h8H,5-7H2,1-4H3;2*(H3,1,2,3,5);/q-1;;;. The second kappa shape index (κ2) is 15.6. The monoisotopic (exact) mass is 419 g/mol. The third-order valence-corrected chi connectivity index (χ3v) is 1.84. The van der Waals surface area contributed by atoms with Crippen LogP contribution in [-0.4, -0.2) is 29.4 Å². The first-order valence-corrected chi connectivity index (χ1v) is 11.0. The molecule has 6 nitrogen and oxygen atoms in total. The fourth-order valence-electron chi connectivity index (χ4n) is 1.19. The summed E-state index contributed by atoms with van der Waals surface area (Å²) in [6.07, 6.45) is 3.90. The summed E-state index contributed by atoms with van der Waals surface area (Å²) in [6.45, 7) is 1.46. The Kier molecular flexibility index (Phi) is 23.1. The molecule has 0 heterocycles. The maximum atomic E-state index is 7.56. The average molecular weight is 421 g/mol. The van der Waals surface area contributed by atoms with Crippen molar-refractivity contribution in [1.82, 2.24) is 0 Å². The van der Waals surface area contributed by atoms with E-state index in [0.29, 0.717) is 0 Å².